The number of methoxy groups -OCH3 is 2. The van der Waals surface area contributed by atoms with Crippen LogP contribution in [0.1, 0.15) is 5.82 Å². The van der Waals surface area contributed by atoms with Gasteiger partial charge in [0.1, 0.15) is 11.6 Å². The van der Waals surface area contributed by atoms with Gasteiger partial charge in [-0.1, -0.05) is 23.7 Å². The Labute approximate surface area is 239 Å². The monoisotopic (exact) mass is 578 g/mol. The Morgan fingerprint density at radius 3 is 2.48 bits per heavy atom. The molecule has 1 aliphatic heterocycles. The lowest BCUT2D eigenvalue weighted by Crippen LogP contribution is -2.47. The number of halogens is 1. The fourth-order valence-corrected chi connectivity index (χ4v) is 5.35. The molecule has 3 aromatic heterocycles. The molecule has 4 heterocycles. The highest BCUT2D eigenvalue weighted by Crippen LogP contribution is 2.39. The quantitative estimate of drug-likeness (QED) is 0.241. The second-order valence-electron chi connectivity index (χ2n) is 8.97. The molecule has 0 bridgehead atoms. The standard InChI is InChI=1S/C27H27ClN8O3S/c1-37-21-13-17(28)20(14-22(21)38-2)39-25-15-23(30-16-24-31-18-5-3-4-6-19(18)32-24)33-26(34-25)35-8-10-36(11-9-35)27-29-7-12-40-27/h3-7,12-15H,8-11,16H2,1-2H3,(H,31,32)(H,30,33,34). The molecule has 0 aliphatic carbocycles. The molecule has 0 spiro atoms. The van der Waals surface area contributed by atoms with E-state index < -0.39 is 0 Å². The number of piperazine rings is 1. The lowest BCUT2D eigenvalue weighted by Gasteiger charge is -2.34. The molecule has 2 N–H and O–H groups in total. The van der Waals surface area contributed by atoms with Gasteiger partial charge in [0.2, 0.25) is 11.8 Å². The van der Waals surface area contributed by atoms with Crippen LogP contribution in [0.2, 0.25) is 5.02 Å². The number of aromatic nitrogens is 5. The summed E-state index contributed by atoms with van der Waals surface area (Å²) in [6.45, 7) is 3.54. The smallest absolute Gasteiger partial charge is 0.230 e. The molecule has 13 heteroatoms. The van der Waals surface area contributed by atoms with Gasteiger partial charge < -0.3 is 34.3 Å². The largest absolute Gasteiger partial charge is 0.493 e. The van der Waals surface area contributed by atoms with Crippen LogP contribution in [0, 0.1) is 0 Å². The van der Waals surface area contributed by atoms with E-state index >= 15 is 0 Å². The molecule has 0 atom stereocenters. The number of imidazole rings is 1. The van der Waals surface area contributed by atoms with Crippen LogP contribution >= 0.6 is 22.9 Å². The van der Waals surface area contributed by atoms with Crippen molar-refractivity contribution in [1.29, 1.82) is 0 Å². The zero-order chi connectivity index (χ0) is 27.5. The highest BCUT2D eigenvalue weighted by atomic mass is 35.5. The van der Waals surface area contributed by atoms with Crippen molar-refractivity contribution in [3.05, 3.63) is 64.9 Å². The summed E-state index contributed by atoms with van der Waals surface area (Å²) in [5, 5.41) is 6.75. The van der Waals surface area contributed by atoms with Crippen molar-refractivity contribution >= 4 is 50.9 Å². The topological polar surface area (TPSA) is 114 Å². The molecule has 0 unspecified atom stereocenters. The average molecular weight is 579 g/mol. The van der Waals surface area contributed by atoms with Crippen molar-refractivity contribution in [2.75, 3.05) is 55.5 Å². The number of benzene rings is 2. The van der Waals surface area contributed by atoms with E-state index in [0.717, 1.165) is 48.2 Å². The molecule has 11 nitrogen and oxygen atoms in total. The number of ether oxygens (including phenoxy) is 3. The summed E-state index contributed by atoms with van der Waals surface area (Å²) in [4.78, 5) is 26.4. The number of para-hydroxylation sites is 2. The molecule has 1 fully saturated rings. The summed E-state index contributed by atoms with van der Waals surface area (Å²) in [7, 11) is 3.11. The van der Waals surface area contributed by atoms with Crippen molar-refractivity contribution in [3.63, 3.8) is 0 Å². The number of hydrogen-bond acceptors (Lipinski definition) is 11. The zero-order valence-corrected chi connectivity index (χ0v) is 23.5. The van der Waals surface area contributed by atoms with E-state index in [-0.39, 0.29) is 0 Å². The number of H-pyrrole nitrogens is 1. The van der Waals surface area contributed by atoms with E-state index in [1.54, 1.807) is 43.8 Å². The van der Waals surface area contributed by atoms with Crippen molar-refractivity contribution in [2.45, 2.75) is 6.54 Å². The Kier molecular flexibility index (Phi) is 7.43. The average Bonchev–Trinajstić information content (AvgIpc) is 3.67. The Hall–Kier alpha value is -4.29. The van der Waals surface area contributed by atoms with Gasteiger partial charge in [-0.25, -0.2) is 9.97 Å². The minimum absolute atomic E-state index is 0.341. The SMILES string of the molecule is COc1cc(Cl)c(Oc2cc(NCc3nc4ccccc4[nH]3)nc(N3CCN(c4nccs4)CC3)n2)cc1OC. The first-order valence-electron chi connectivity index (χ1n) is 12.6. The van der Waals surface area contributed by atoms with Crippen LogP contribution in [-0.4, -0.2) is 65.3 Å². The van der Waals surface area contributed by atoms with Gasteiger partial charge in [0.25, 0.3) is 0 Å². The van der Waals surface area contributed by atoms with Crippen molar-refractivity contribution in [1.82, 2.24) is 24.9 Å². The molecule has 206 valence electrons. The van der Waals surface area contributed by atoms with E-state index in [1.165, 1.54) is 0 Å². The van der Waals surface area contributed by atoms with Gasteiger partial charge >= 0.3 is 0 Å². The fraction of sp³-hybridized carbons (Fsp3) is 0.259. The van der Waals surface area contributed by atoms with Crippen LogP contribution in [0.15, 0.2) is 54.0 Å². The van der Waals surface area contributed by atoms with Gasteiger partial charge in [-0.15, -0.1) is 11.3 Å². The molecule has 0 saturated carbocycles. The normalized spacial score (nSPS) is 13.5. The summed E-state index contributed by atoms with van der Waals surface area (Å²) in [6, 6.07) is 13.0. The number of aromatic amines is 1. The first-order chi connectivity index (χ1) is 19.6. The predicted octanol–water partition coefficient (Wildman–Crippen LogP) is 5.21. The van der Waals surface area contributed by atoms with Gasteiger partial charge in [0.15, 0.2) is 22.4 Å². The van der Waals surface area contributed by atoms with Gasteiger partial charge in [-0.05, 0) is 12.1 Å². The summed E-state index contributed by atoms with van der Waals surface area (Å²) < 4.78 is 17.0. The highest BCUT2D eigenvalue weighted by molar-refractivity contribution is 7.13. The maximum absolute atomic E-state index is 6.51. The number of thiazole rings is 1. The number of nitrogens with zero attached hydrogens (tertiary/aromatic N) is 6. The molecule has 5 aromatic rings. The van der Waals surface area contributed by atoms with Crippen molar-refractivity contribution in [2.24, 2.45) is 0 Å². The Morgan fingerprint density at radius 2 is 1.73 bits per heavy atom. The molecule has 0 amide bonds. The summed E-state index contributed by atoms with van der Waals surface area (Å²) in [6.07, 6.45) is 1.83. The van der Waals surface area contributed by atoms with E-state index in [2.05, 4.69) is 30.1 Å². The second-order valence-corrected chi connectivity index (χ2v) is 10.3. The van der Waals surface area contributed by atoms with Gasteiger partial charge in [-0.3, -0.25) is 0 Å². The highest BCUT2D eigenvalue weighted by Gasteiger charge is 2.22. The number of nitrogens with one attached hydrogen (secondary N) is 2. The minimum atomic E-state index is 0.341. The van der Waals surface area contributed by atoms with Gasteiger partial charge in [0.05, 0.1) is 36.8 Å². The van der Waals surface area contributed by atoms with E-state index in [0.29, 0.717) is 46.5 Å². The molecule has 1 aliphatic rings. The predicted molar refractivity (Wildman–Crippen MR) is 157 cm³/mol. The summed E-state index contributed by atoms with van der Waals surface area (Å²) in [5.41, 5.74) is 1.89. The molecular weight excluding hydrogens is 552 g/mol. The Bertz CT molecular complexity index is 1570. The fourth-order valence-electron chi connectivity index (χ4n) is 4.46. The molecule has 2 aromatic carbocycles. The number of fused-ring (bicyclic) bond motifs is 1. The van der Waals surface area contributed by atoms with Crippen LogP contribution in [0.5, 0.6) is 23.1 Å². The number of anilines is 3. The van der Waals surface area contributed by atoms with Gasteiger partial charge in [-0.2, -0.15) is 9.97 Å². The third kappa shape index (κ3) is 5.54. The molecule has 40 heavy (non-hydrogen) atoms. The molecule has 6 rings (SSSR count). The van der Waals surface area contributed by atoms with Crippen LogP contribution in [0.4, 0.5) is 16.9 Å². The third-order valence-corrected chi connectivity index (χ3v) is 7.60. The summed E-state index contributed by atoms with van der Waals surface area (Å²) >= 11 is 8.15. The minimum Gasteiger partial charge on any atom is -0.493 e. The maximum Gasteiger partial charge on any atom is 0.230 e. The Morgan fingerprint density at radius 1 is 0.950 bits per heavy atom. The first kappa shape index (κ1) is 26.0. The second kappa shape index (κ2) is 11.4. The molecule has 1 saturated heterocycles. The van der Waals surface area contributed by atoms with Crippen molar-refractivity contribution < 1.29 is 14.2 Å². The third-order valence-electron chi connectivity index (χ3n) is 6.47. The molecule has 0 radical (unpaired) electrons. The van der Waals surface area contributed by atoms with Gasteiger partial charge in [0, 0.05) is 56.0 Å². The van der Waals surface area contributed by atoms with E-state index in [9.17, 15) is 0 Å². The Balaban J connectivity index is 1.26. The number of hydrogen-bond donors (Lipinski definition) is 2. The van der Waals surface area contributed by atoms with Crippen LogP contribution in [0.25, 0.3) is 11.0 Å². The first-order valence-corrected chi connectivity index (χ1v) is 13.9. The zero-order valence-electron chi connectivity index (χ0n) is 21.9. The van der Waals surface area contributed by atoms with Crippen LogP contribution < -0.4 is 29.3 Å². The summed E-state index contributed by atoms with van der Waals surface area (Å²) in [5.74, 6) is 3.69. The maximum atomic E-state index is 6.51. The number of rotatable bonds is 9. The van der Waals surface area contributed by atoms with E-state index in [4.69, 9.17) is 35.8 Å². The van der Waals surface area contributed by atoms with Crippen LogP contribution in [-0.2, 0) is 6.54 Å². The lowest BCUT2D eigenvalue weighted by atomic mass is 10.3. The molecular formula is C27H27ClN8O3S. The van der Waals surface area contributed by atoms with Crippen LogP contribution in [0.3, 0.4) is 0 Å². The van der Waals surface area contributed by atoms with E-state index in [1.807, 2.05) is 35.8 Å². The lowest BCUT2D eigenvalue weighted by molar-refractivity contribution is 0.351. The van der Waals surface area contributed by atoms with Crippen molar-refractivity contribution in [3.8, 4) is 23.1 Å².